The summed E-state index contributed by atoms with van der Waals surface area (Å²) in [6.45, 7) is 2.21. The van der Waals surface area contributed by atoms with E-state index in [9.17, 15) is 8.42 Å². The number of hydrogen-bond donors (Lipinski definition) is 1. The van der Waals surface area contributed by atoms with Crippen LogP contribution in [0.2, 0.25) is 0 Å². The Bertz CT molecular complexity index is 276. The van der Waals surface area contributed by atoms with E-state index in [1.165, 1.54) is 38.5 Å². The van der Waals surface area contributed by atoms with E-state index in [2.05, 4.69) is 6.92 Å². The number of halogens is 1. The average Bonchev–Trinajstić information content (AvgIpc) is 2.25. The summed E-state index contributed by atoms with van der Waals surface area (Å²) in [4.78, 5) is 0. The number of alkyl halides is 1. The average molecular weight is 309 g/mol. The fraction of sp³-hybridized carbons (Fsp3) is 1.00. The van der Waals surface area contributed by atoms with E-state index in [0.717, 1.165) is 19.3 Å². The molecule has 106 valence electrons. The molecule has 0 aromatic rings. The van der Waals surface area contributed by atoms with Gasteiger partial charge in [0.25, 0.3) is 10.1 Å². The molecule has 3 nitrogen and oxygen atoms in total. The second kappa shape index (κ2) is 13.2. The second-order valence-electron chi connectivity index (χ2n) is 4.54. The number of hydrogen-bond acceptors (Lipinski definition) is 2. The van der Waals surface area contributed by atoms with Crippen molar-refractivity contribution in [3.8, 4) is 0 Å². The Labute approximate surface area is 141 Å². The molecule has 0 aliphatic carbocycles. The summed E-state index contributed by atoms with van der Waals surface area (Å²) in [7, 11) is -4.05. The third kappa shape index (κ3) is 13.6. The molecule has 0 aliphatic heterocycles. The number of unbranched alkanes of at least 4 members (excludes halogenated alkanes) is 8. The van der Waals surface area contributed by atoms with Crippen molar-refractivity contribution >= 4 is 21.7 Å². The van der Waals surface area contributed by atoms with Gasteiger partial charge in [-0.2, -0.15) is 8.42 Å². The maximum absolute atomic E-state index is 10.6. The topological polar surface area (TPSA) is 54.4 Å². The van der Waals surface area contributed by atoms with Crippen LogP contribution in [0.5, 0.6) is 0 Å². The maximum Gasteiger partial charge on any atom is 1.00 e. The summed E-state index contributed by atoms with van der Waals surface area (Å²) in [5.74, 6) is 0. The van der Waals surface area contributed by atoms with Gasteiger partial charge in [-0.1, -0.05) is 64.7 Å². The zero-order valence-electron chi connectivity index (χ0n) is 12.7. The van der Waals surface area contributed by atoms with Crippen LogP contribution >= 0.6 is 11.6 Å². The van der Waals surface area contributed by atoms with Gasteiger partial charge in [0.05, 0.1) is 0 Å². The first-order valence-corrected chi connectivity index (χ1v) is 8.52. The SMILES string of the molecule is CCCCCCCCCCCC(Cl)S(=O)(=O)O.[H-].[Na+]. The van der Waals surface area contributed by atoms with Crippen LogP contribution in [-0.4, -0.2) is 17.7 Å². The van der Waals surface area contributed by atoms with E-state index < -0.39 is 14.8 Å². The van der Waals surface area contributed by atoms with Crippen molar-refractivity contribution in [1.29, 1.82) is 0 Å². The molecule has 0 radical (unpaired) electrons. The summed E-state index contributed by atoms with van der Waals surface area (Å²) in [5, 5.41) is 0. The third-order valence-corrected chi connectivity index (χ3v) is 4.63. The minimum atomic E-state index is -4.05. The Morgan fingerprint density at radius 1 is 1.00 bits per heavy atom. The molecule has 18 heavy (non-hydrogen) atoms. The molecule has 1 atom stereocenters. The zero-order chi connectivity index (χ0) is 13.1. The van der Waals surface area contributed by atoms with Crippen molar-refractivity contribution in [3.05, 3.63) is 0 Å². The molecular weight excluding hydrogens is 283 g/mol. The number of rotatable bonds is 11. The van der Waals surface area contributed by atoms with Crippen LogP contribution in [0, 0.1) is 0 Å². The quantitative estimate of drug-likeness (QED) is 0.272. The minimum Gasteiger partial charge on any atom is -1.00 e. The fourth-order valence-corrected chi connectivity index (χ4v) is 2.38. The summed E-state index contributed by atoms with van der Waals surface area (Å²) < 4.78 is 28.8. The van der Waals surface area contributed by atoms with Crippen molar-refractivity contribution in [2.75, 3.05) is 0 Å². The minimum absolute atomic E-state index is 0. The molecule has 0 bridgehead atoms. The van der Waals surface area contributed by atoms with E-state index in [4.69, 9.17) is 16.2 Å². The van der Waals surface area contributed by atoms with Crippen LogP contribution < -0.4 is 29.6 Å². The first kappa shape index (κ1) is 21.5. The molecule has 0 spiro atoms. The van der Waals surface area contributed by atoms with Crippen molar-refractivity contribution < 1.29 is 44.0 Å². The Hall–Kier alpha value is 1.20. The zero-order valence-corrected chi connectivity index (χ0v) is 15.3. The van der Waals surface area contributed by atoms with E-state index in [1.54, 1.807) is 0 Å². The van der Waals surface area contributed by atoms with Gasteiger partial charge in [0.15, 0.2) is 4.71 Å². The fourth-order valence-electron chi connectivity index (χ4n) is 1.76. The normalized spacial score (nSPS) is 13.1. The van der Waals surface area contributed by atoms with Crippen LogP contribution in [0.25, 0.3) is 0 Å². The Morgan fingerprint density at radius 2 is 1.39 bits per heavy atom. The molecule has 0 saturated carbocycles. The predicted molar refractivity (Wildman–Crippen MR) is 74.1 cm³/mol. The monoisotopic (exact) mass is 308 g/mol. The van der Waals surface area contributed by atoms with Gasteiger partial charge in [-0.3, -0.25) is 4.55 Å². The molecule has 0 heterocycles. The summed E-state index contributed by atoms with van der Waals surface area (Å²) >= 11 is 5.52. The van der Waals surface area contributed by atoms with E-state index in [1.807, 2.05) is 0 Å². The first-order valence-electron chi connectivity index (χ1n) is 6.59. The van der Waals surface area contributed by atoms with Crippen molar-refractivity contribution in [1.82, 2.24) is 0 Å². The molecule has 0 aromatic heterocycles. The van der Waals surface area contributed by atoms with E-state index in [-0.39, 0.29) is 31.0 Å². The Kier molecular flexibility index (Phi) is 15.8. The molecule has 0 fully saturated rings. The van der Waals surface area contributed by atoms with Crippen LogP contribution in [0.1, 0.15) is 72.6 Å². The van der Waals surface area contributed by atoms with Crippen molar-refractivity contribution in [2.45, 2.75) is 75.8 Å². The molecule has 0 aliphatic rings. The molecule has 1 unspecified atom stereocenters. The predicted octanol–water partition coefficient (Wildman–Crippen LogP) is 1.48. The Balaban J connectivity index is -0.00000128. The van der Waals surface area contributed by atoms with Crippen molar-refractivity contribution in [2.24, 2.45) is 0 Å². The molecule has 1 N–H and O–H groups in total. The van der Waals surface area contributed by atoms with Gasteiger partial charge in [0.1, 0.15) is 0 Å². The van der Waals surface area contributed by atoms with Gasteiger partial charge in [0.2, 0.25) is 0 Å². The summed E-state index contributed by atoms with van der Waals surface area (Å²) in [6.07, 6.45) is 10.9. The molecule has 0 saturated heterocycles. The van der Waals surface area contributed by atoms with Crippen molar-refractivity contribution in [3.63, 3.8) is 0 Å². The van der Waals surface area contributed by atoms with Gasteiger partial charge in [0, 0.05) is 0 Å². The first-order chi connectivity index (χ1) is 7.98. The van der Waals surface area contributed by atoms with Crippen LogP contribution in [0.15, 0.2) is 0 Å². The molecule has 0 aromatic carbocycles. The summed E-state index contributed by atoms with van der Waals surface area (Å²) in [5.41, 5.74) is 0. The maximum atomic E-state index is 10.6. The molecular formula is C12H26ClNaO3S. The van der Waals surface area contributed by atoms with Gasteiger partial charge < -0.3 is 1.43 Å². The smallest absolute Gasteiger partial charge is 1.00 e. The van der Waals surface area contributed by atoms with Gasteiger partial charge in [-0.05, 0) is 6.42 Å². The standard InChI is InChI=1S/C12H25ClO3S.Na.H/c1-2-3-4-5-6-7-8-9-10-11-12(13)17(14,15)16;;/h12H,2-11H2,1H3,(H,14,15,16);;/q;+1;-1. The molecule has 6 heteroatoms. The van der Waals surface area contributed by atoms with Crippen LogP contribution in [0.3, 0.4) is 0 Å². The van der Waals surface area contributed by atoms with Gasteiger partial charge in [-0.25, -0.2) is 0 Å². The van der Waals surface area contributed by atoms with Gasteiger partial charge in [-0.15, -0.1) is 11.6 Å². The largest absolute Gasteiger partial charge is 1.00 e. The van der Waals surface area contributed by atoms with E-state index >= 15 is 0 Å². The van der Waals surface area contributed by atoms with Crippen LogP contribution in [-0.2, 0) is 10.1 Å². The summed E-state index contributed by atoms with van der Waals surface area (Å²) in [6, 6.07) is 0. The van der Waals surface area contributed by atoms with Gasteiger partial charge >= 0.3 is 29.6 Å². The van der Waals surface area contributed by atoms with E-state index in [0.29, 0.717) is 6.42 Å². The third-order valence-electron chi connectivity index (χ3n) is 2.86. The second-order valence-corrected chi connectivity index (χ2v) is 6.93. The molecule has 0 rings (SSSR count). The molecule has 0 amide bonds. The van der Waals surface area contributed by atoms with Crippen LogP contribution in [0.4, 0.5) is 0 Å². The Morgan fingerprint density at radius 3 is 1.78 bits per heavy atom.